The topological polar surface area (TPSA) is 46.2 Å². The predicted molar refractivity (Wildman–Crippen MR) is 107 cm³/mol. The van der Waals surface area contributed by atoms with Gasteiger partial charge in [0.15, 0.2) is 5.11 Å². The maximum Gasteiger partial charge on any atom is 0.237 e. The highest BCUT2D eigenvalue weighted by atomic mass is 35.5. The molecule has 25 heavy (non-hydrogen) atoms. The molecule has 1 aliphatic rings. The third-order valence-corrected chi connectivity index (χ3v) is 5.32. The number of methoxy groups -OCH3 is 1. The number of pyridine rings is 1. The second-order valence-corrected chi connectivity index (χ2v) is 7.21. The van der Waals surface area contributed by atoms with Gasteiger partial charge in [-0.3, -0.25) is 0 Å². The van der Waals surface area contributed by atoms with Crippen LogP contribution in [0.2, 0.25) is 5.02 Å². The second kappa shape index (κ2) is 8.02. The Labute approximate surface area is 158 Å². The lowest BCUT2D eigenvalue weighted by Gasteiger charge is -2.30. The fourth-order valence-electron chi connectivity index (χ4n) is 3.49. The smallest absolute Gasteiger partial charge is 0.237 e. The minimum absolute atomic E-state index is 0.107. The average Bonchev–Trinajstić information content (AvgIpc) is 3.11. The molecule has 0 spiro atoms. The molecule has 1 saturated carbocycles. The molecule has 4 nitrogen and oxygen atoms in total. The van der Waals surface area contributed by atoms with Crippen LogP contribution in [0, 0.1) is 0 Å². The first-order valence-electron chi connectivity index (χ1n) is 8.43. The highest BCUT2D eigenvalue weighted by molar-refractivity contribution is 7.80. The van der Waals surface area contributed by atoms with E-state index >= 15 is 0 Å². The molecule has 2 N–H and O–H groups in total. The lowest BCUT2D eigenvalue weighted by molar-refractivity contribution is 0.400. The van der Waals surface area contributed by atoms with Gasteiger partial charge in [0.2, 0.25) is 5.88 Å². The van der Waals surface area contributed by atoms with Crippen LogP contribution in [-0.4, -0.2) is 23.8 Å². The first kappa shape index (κ1) is 18.0. The maximum absolute atomic E-state index is 6.05. The molecular weight excluding hydrogens is 354 g/mol. The molecular formula is C19H22ClN3OS. The minimum atomic E-state index is 0.107. The van der Waals surface area contributed by atoms with E-state index in [-0.39, 0.29) is 5.41 Å². The molecule has 1 aromatic carbocycles. The first-order chi connectivity index (χ1) is 12.1. The van der Waals surface area contributed by atoms with Crippen LogP contribution in [0.3, 0.4) is 0 Å². The fraction of sp³-hybridized carbons (Fsp3) is 0.368. The van der Waals surface area contributed by atoms with Gasteiger partial charge in [-0.25, -0.2) is 4.98 Å². The number of anilines is 1. The van der Waals surface area contributed by atoms with Crippen LogP contribution in [-0.2, 0) is 5.41 Å². The van der Waals surface area contributed by atoms with Gasteiger partial charge in [0, 0.05) is 23.2 Å². The number of thiocarbonyl (C=S) groups is 1. The van der Waals surface area contributed by atoms with Gasteiger partial charge in [0.25, 0.3) is 0 Å². The van der Waals surface area contributed by atoms with Crippen LogP contribution < -0.4 is 15.4 Å². The van der Waals surface area contributed by atoms with Gasteiger partial charge >= 0.3 is 0 Å². The molecule has 6 heteroatoms. The van der Waals surface area contributed by atoms with Crippen molar-refractivity contribution in [3.63, 3.8) is 0 Å². The van der Waals surface area contributed by atoms with E-state index in [9.17, 15) is 0 Å². The van der Waals surface area contributed by atoms with E-state index in [4.69, 9.17) is 28.6 Å². The monoisotopic (exact) mass is 375 g/mol. The predicted octanol–water partition coefficient (Wildman–Crippen LogP) is 4.54. The molecule has 1 fully saturated rings. The summed E-state index contributed by atoms with van der Waals surface area (Å²) in [6.07, 6.45) is 6.47. The Bertz CT molecular complexity index is 730. The summed E-state index contributed by atoms with van der Waals surface area (Å²) in [4.78, 5) is 4.17. The average molecular weight is 376 g/mol. The number of aromatic nitrogens is 1. The summed E-state index contributed by atoms with van der Waals surface area (Å²) in [5.41, 5.74) is 2.19. The number of halogens is 1. The lowest BCUT2D eigenvalue weighted by atomic mass is 9.79. The van der Waals surface area contributed by atoms with Gasteiger partial charge in [-0.05, 0) is 54.9 Å². The van der Waals surface area contributed by atoms with Gasteiger partial charge < -0.3 is 15.4 Å². The van der Waals surface area contributed by atoms with Crippen molar-refractivity contribution < 1.29 is 4.74 Å². The van der Waals surface area contributed by atoms with Crippen LogP contribution in [0.4, 0.5) is 5.69 Å². The maximum atomic E-state index is 6.05. The summed E-state index contributed by atoms with van der Waals surface area (Å²) in [6, 6.07) is 11.9. The van der Waals surface area contributed by atoms with Crippen molar-refractivity contribution in [2.45, 2.75) is 31.1 Å². The normalized spacial score (nSPS) is 15.6. The zero-order chi connectivity index (χ0) is 17.7. The number of hydrogen-bond acceptors (Lipinski definition) is 3. The Morgan fingerprint density at radius 1 is 1.24 bits per heavy atom. The summed E-state index contributed by atoms with van der Waals surface area (Å²) < 4.78 is 5.25. The molecule has 0 radical (unpaired) electrons. The van der Waals surface area contributed by atoms with Crippen molar-refractivity contribution >= 4 is 34.6 Å². The van der Waals surface area contributed by atoms with Crippen LogP contribution in [0.15, 0.2) is 42.6 Å². The Morgan fingerprint density at radius 2 is 1.96 bits per heavy atom. The third-order valence-electron chi connectivity index (χ3n) is 4.82. The van der Waals surface area contributed by atoms with Gasteiger partial charge in [-0.1, -0.05) is 36.6 Å². The highest BCUT2D eigenvalue weighted by Gasteiger charge is 2.35. The second-order valence-electron chi connectivity index (χ2n) is 6.36. The van der Waals surface area contributed by atoms with E-state index in [0.717, 1.165) is 30.1 Å². The molecule has 0 saturated heterocycles. The summed E-state index contributed by atoms with van der Waals surface area (Å²) in [5, 5.41) is 7.90. The molecule has 132 valence electrons. The van der Waals surface area contributed by atoms with E-state index in [2.05, 4.69) is 27.8 Å². The molecule has 0 aliphatic heterocycles. The van der Waals surface area contributed by atoms with E-state index in [0.29, 0.717) is 11.0 Å². The van der Waals surface area contributed by atoms with Crippen molar-refractivity contribution in [1.29, 1.82) is 0 Å². The zero-order valence-corrected chi connectivity index (χ0v) is 15.8. The van der Waals surface area contributed by atoms with Crippen LogP contribution in [0.25, 0.3) is 0 Å². The summed E-state index contributed by atoms with van der Waals surface area (Å²) in [7, 11) is 1.60. The molecule has 1 aliphatic carbocycles. The van der Waals surface area contributed by atoms with Gasteiger partial charge in [0.1, 0.15) is 5.69 Å². The molecule has 2 aromatic rings. The number of nitrogens with one attached hydrogen (secondary N) is 2. The Hall–Kier alpha value is -1.85. The van der Waals surface area contributed by atoms with E-state index < -0.39 is 0 Å². The van der Waals surface area contributed by atoms with E-state index in [1.165, 1.54) is 18.4 Å². The fourth-order valence-corrected chi connectivity index (χ4v) is 3.80. The lowest BCUT2D eigenvalue weighted by Crippen LogP contribution is -2.40. The van der Waals surface area contributed by atoms with Gasteiger partial charge in [-0.2, -0.15) is 0 Å². The van der Waals surface area contributed by atoms with E-state index in [1.54, 1.807) is 13.3 Å². The largest absolute Gasteiger partial charge is 0.480 e. The molecule has 1 heterocycles. The number of rotatable bonds is 5. The summed E-state index contributed by atoms with van der Waals surface area (Å²) in [5.74, 6) is 0.528. The molecule has 0 unspecified atom stereocenters. The van der Waals surface area contributed by atoms with E-state index in [1.807, 2.05) is 24.3 Å². The summed E-state index contributed by atoms with van der Waals surface area (Å²) >= 11 is 11.5. The van der Waals surface area contributed by atoms with Crippen LogP contribution in [0.1, 0.15) is 31.2 Å². The van der Waals surface area contributed by atoms with Crippen molar-refractivity contribution in [2.24, 2.45) is 0 Å². The third kappa shape index (κ3) is 4.22. The van der Waals surface area contributed by atoms with Crippen LogP contribution in [0.5, 0.6) is 5.88 Å². The Morgan fingerprint density at radius 3 is 2.64 bits per heavy atom. The molecule has 0 atom stereocenters. The SMILES string of the molecule is COc1ncccc1NC(=S)NCC1(c2ccc(Cl)cc2)CCCC1. The van der Waals surface area contributed by atoms with Crippen molar-refractivity contribution in [3.8, 4) is 5.88 Å². The number of hydrogen-bond donors (Lipinski definition) is 2. The summed E-state index contributed by atoms with van der Waals surface area (Å²) in [6.45, 7) is 0.795. The molecule has 1 aromatic heterocycles. The van der Waals surface area contributed by atoms with Crippen molar-refractivity contribution in [1.82, 2.24) is 10.3 Å². The number of nitrogens with zero attached hydrogens (tertiary/aromatic N) is 1. The molecule has 3 rings (SSSR count). The zero-order valence-electron chi connectivity index (χ0n) is 14.2. The first-order valence-corrected chi connectivity index (χ1v) is 9.21. The Balaban J connectivity index is 1.67. The molecule has 0 bridgehead atoms. The van der Waals surface area contributed by atoms with Crippen molar-refractivity contribution in [3.05, 3.63) is 53.2 Å². The number of benzene rings is 1. The quantitative estimate of drug-likeness (QED) is 0.751. The van der Waals surface area contributed by atoms with Crippen LogP contribution >= 0.6 is 23.8 Å². The van der Waals surface area contributed by atoms with Gasteiger partial charge in [0.05, 0.1) is 7.11 Å². The highest BCUT2D eigenvalue weighted by Crippen LogP contribution is 2.41. The minimum Gasteiger partial charge on any atom is -0.480 e. The Kier molecular flexibility index (Phi) is 5.76. The van der Waals surface area contributed by atoms with Gasteiger partial charge in [-0.15, -0.1) is 0 Å². The molecule has 0 amide bonds. The number of ether oxygens (including phenoxy) is 1. The van der Waals surface area contributed by atoms with Crippen molar-refractivity contribution in [2.75, 3.05) is 19.0 Å². The standard InChI is InChI=1S/C19H22ClN3OS/c1-24-17-16(5-4-12-21-17)23-18(25)22-13-19(10-2-3-11-19)14-6-8-15(20)9-7-14/h4-9,12H,2-3,10-11,13H2,1H3,(H2,22,23,25).